The lowest BCUT2D eigenvalue weighted by Gasteiger charge is -2.03. The van der Waals surface area contributed by atoms with Gasteiger partial charge in [-0.25, -0.2) is 0 Å². The molecule has 1 rings (SSSR count). The maximum atomic E-state index is 11.1. The first-order valence-corrected chi connectivity index (χ1v) is 5.13. The average Bonchev–Trinajstić information content (AvgIpc) is 2.52. The molecule has 0 aromatic heterocycles. The van der Waals surface area contributed by atoms with Crippen LogP contribution in [0.15, 0.2) is 0 Å². The van der Waals surface area contributed by atoms with E-state index in [1.165, 1.54) is 12.8 Å². The molecule has 0 aliphatic carbocycles. The van der Waals surface area contributed by atoms with Gasteiger partial charge in [-0.1, -0.05) is 25.7 Å². The van der Waals surface area contributed by atoms with Crippen LogP contribution < -0.4 is 0 Å². The number of nitrogens with zero attached hydrogens (tertiary/aromatic N) is 1. The number of hydrogen-bond acceptors (Lipinski definition) is 1. The Morgan fingerprint density at radius 3 is 2.92 bits per heavy atom. The van der Waals surface area contributed by atoms with Gasteiger partial charge in [-0.05, 0) is 12.8 Å². The van der Waals surface area contributed by atoms with E-state index in [1.54, 1.807) is 4.90 Å². The van der Waals surface area contributed by atoms with Crippen LogP contribution in [0.25, 0.3) is 0 Å². The van der Waals surface area contributed by atoms with Gasteiger partial charge in [0.15, 0.2) is 0 Å². The van der Waals surface area contributed by atoms with Gasteiger partial charge in [-0.15, -0.1) is 0 Å². The third-order valence-corrected chi connectivity index (χ3v) is 2.19. The third kappa shape index (κ3) is 3.50. The number of likely N-dealkylation sites (tertiary alicyclic amines) is 1. The second-order valence-corrected chi connectivity index (χ2v) is 3.39. The molecule has 1 heterocycles. The monoisotopic (exact) mass is 179 g/mol. The van der Waals surface area contributed by atoms with Crippen molar-refractivity contribution in [3.63, 3.8) is 0 Å². The van der Waals surface area contributed by atoms with Crippen molar-refractivity contribution in [1.82, 2.24) is 4.90 Å². The molecular formula is C11H17NO. The summed E-state index contributed by atoms with van der Waals surface area (Å²) in [7, 11) is 0. The fourth-order valence-corrected chi connectivity index (χ4v) is 1.38. The molecule has 0 aromatic carbocycles. The molecule has 72 valence electrons. The second-order valence-electron chi connectivity index (χ2n) is 3.39. The van der Waals surface area contributed by atoms with Gasteiger partial charge in [0, 0.05) is 25.4 Å². The Bertz CT molecular complexity index is 224. The maximum Gasteiger partial charge on any atom is 0.234 e. The Labute approximate surface area is 80.3 Å². The quantitative estimate of drug-likeness (QED) is 0.480. The van der Waals surface area contributed by atoms with Gasteiger partial charge in [-0.2, -0.15) is 0 Å². The lowest BCUT2D eigenvalue weighted by atomic mass is 10.2. The summed E-state index contributed by atoms with van der Waals surface area (Å²) >= 11 is 0. The Kier molecular flexibility index (Phi) is 4.39. The Morgan fingerprint density at radius 2 is 2.31 bits per heavy atom. The summed E-state index contributed by atoms with van der Waals surface area (Å²) in [4.78, 5) is 12.8. The van der Waals surface area contributed by atoms with Gasteiger partial charge < -0.3 is 0 Å². The van der Waals surface area contributed by atoms with Gasteiger partial charge in [0.25, 0.3) is 0 Å². The zero-order chi connectivity index (χ0) is 9.52. The lowest BCUT2D eigenvalue weighted by Crippen LogP contribution is -2.17. The Hall–Kier alpha value is -0.970. The molecule has 0 radical (unpaired) electrons. The van der Waals surface area contributed by atoms with E-state index < -0.39 is 0 Å². The van der Waals surface area contributed by atoms with E-state index >= 15 is 0 Å². The molecular weight excluding hydrogens is 162 g/mol. The minimum atomic E-state index is 0.197. The van der Waals surface area contributed by atoms with Crippen molar-refractivity contribution in [2.24, 2.45) is 0 Å². The smallest absolute Gasteiger partial charge is 0.234 e. The summed E-state index contributed by atoms with van der Waals surface area (Å²) < 4.78 is 0. The van der Waals surface area contributed by atoms with E-state index in [0.717, 1.165) is 25.8 Å². The fourth-order valence-electron chi connectivity index (χ4n) is 1.38. The zero-order valence-corrected chi connectivity index (χ0v) is 8.31. The fraction of sp³-hybridized carbons (Fsp3) is 0.727. The highest BCUT2D eigenvalue weighted by molar-refractivity contribution is 5.79. The number of carbonyl (C=O) groups is 1. The summed E-state index contributed by atoms with van der Waals surface area (Å²) in [5.74, 6) is 3.24. The molecule has 0 saturated carbocycles. The number of unbranched alkanes of at least 4 members (excludes halogenated alkanes) is 3. The summed E-state index contributed by atoms with van der Waals surface area (Å²) in [6.07, 6.45) is 6.21. The molecule has 1 aliphatic rings. The molecule has 2 heteroatoms. The molecule has 1 aliphatic heterocycles. The first-order valence-electron chi connectivity index (χ1n) is 5.13. The van der Waals surface area contributed by atoms with Crippen molar-refractivity contribution in [3.8, 4) is 12.0 Å². The van der Waals surface area contributed by atoms with Gasteiger partial charge in [0.2, 0.25) is 5.91 Å². The zero-order valence-electron chi connectivity index (χ0n) is 8.31. The first-order chi connectivity index (χ1) is 6.34. The van der Waals surface area contributed by atoms with E-state index in [0.29, 0.717) is 6.42 Å². The Morgan fingerprint density at radius 1 is 1.46 bits per heavy atom. The van der Waals surface area contributed by atoms with Crippen LogP contribution in [0.3, 0.4) is 0 Å². The molecule has 0 N–H and O–H groups in total. The molecule has 0 aromatic rings. The molecule has 0 unspecified atom stereocenters. The predicted octanol–water partition coefficient (Wildman–Crippen LogP) is 2.15. The van der Waals surface area contributed by atoms with Crippen LogP contribution >= 0.6 is 0 Å². The van der Waals surface area contributed by atoms with Crippen LogP contribution in [-0.2, 0) is 4.79 Å². The topological polar surface area (TPSA) is 20.3 Å². The van der Waals surface area contributed by atoms with Crippen LogP contribution in [0.5, 0.6) is 0 Å². The summed E-state index contributed by atoms with van der Waals surface area (Å²) in [6, 6.07) is 2.92. The molecule has 0 atom stereocenters. The maximum absolute atomic E-state index is 11.1. The second kappa shape index (κ2) is 5.64. The minimum Gasteiger partial charge on any atom is -0.274 e. The van der Waals surface area contributed by atoms with Crippen LogP contribution in [0.4, 0.5) is 0 Å². The Balaban J connectivity index is 2.18. The van der Waals surface area contributed by atoms with Crippen LogP contribution in [0.2, 0.25) is 0 Å². The van der Waals surface area contributed by atoms with E-state index in [2.05, 4.69) is 18.9 Å². The van der Waals surface area contributed by atoms with E-state index in [-0.39, 0.29) is 5.91 Å². The van der Waals surface area contributed by atoms with Crippen LogP contribution in [0.1, 0.15) is 45.4 Å². The van der Waals surface area contributed by atoms with Gasteiger partial charge in [0.1, 0.15) is 0 Å². The van der Waals surface area contributed by atoms with Crippen molar-refractivity contribution in [2.45, 2.75) is 45.4 Å². The number of carbonyl (C=O) groups excluding carboxylic acids is 1. The number of rotatable bonds is 3. The minimum absolute atomic E-state index is 0.197. The molecule has 13 heavy (non-hydrogen) atoms. The highest BCUT2D eigenvalue weighted by Gasteiger charge is 2.17. The van der Waals surface area contributed by atoms with Gasteiger partial charge in [-0.3, -0.25) is 9.69 Å². The molecule has 0 spiro atoms. The van der Waals surface area contributed by atoms with Crippen molar-refractivity contribution >= 4 is 5.91 Å². The molecule has 1 amide bonds. The summed E-state index contributed by atoms with van der Waals surface area (Å²) in [5, 5.41) is 0. The van der Waals surface area contributed by atoms with Crippen molar-refractivity contribution < 1.29 is 4.79 Å². The highest BCUT2D eigenvalue weighted by Crippen LogP contribution is 2.07. The molecule has 1 saturated heterocycles. The van der Waals surface area contributed by atoms with Crippen molar-refractivity contribution in [1.29, 1.82) is 0 Å². The van der Waals surface area contributed by atoms with Crippen LogP contribution in [0, 0.1) is 12.0 Å². The lowest BCUT2D eigenvalue weighted by molar-refractivity contribution is -0.124. The third-order valence-electron chi connectivity index (χ3n) is 2.19. The summed E-state index contributed by atoms with van der Waals surface area (Å²) in [6.45, 7) is 3.01. The number of hydrogen-bond donors (Lipinski definition) is 0. The van der Waals surface area contributed by atoms with Crippen LogP contribution in [-0.4, -0.2) is 17.4 Å². The average molecular weight is 179 g/mol. The largest absolute Gasteiger partial charge is 0.274 e. The van der Waals surface area contributed by atoms with Gasteiger partial charge >= 0.3 is 0 Å². The van der Waals surface area contributed by atoms with Crippen molar-refractivity contribution in [2.75, 3.05) is 6.54 Å². The number of amides is 1. The molecule has 1 fully saturated rings. The molecule has 0 bridgehead atoms. The van der Waals surface area contributed by atoms with E-state index in [4.69, 9.17) is 0 Å². The SMILES string of the molecule is CCCCCC#CN1CCCC1=O. The molecule has 2 nitrogen and oxygen atoms in total. The summed E-state index contributed by atoms with van der Waals surface area (Å²) in [5.41, 5.74) is 0. The standard InChI is InChI=1S/C11H17NO/c1-2-3-4-5-6-9-12-10-7-8-11(12)13/h2-5,7-8,10H2,1H3. The van der Waals surface area contributed by atoms with E-state index in [9.17, 15) is 4.79 Å². The normalized spacial score (nSPS) is 15.8. The van der Waals surface area contributed by atoms with Crippen molar-refractivity contribution in [3.05, 3.63) is 0 Å². The van der Waals surface area contributed by atoms with Gasteiger partial charge in [0.05, 0.1) is 0 Å². The predicted molar refractivity (Wildman–Crippen MR) is 52.9 cm³/mol. The van der Waals surface area contributed by atoms with E-state index in [1.807, 2.05) is 0 Å². The highest BCUT2D eigenvalue weighted by atomic mass is 16.2. The first kappa shape index (κ1) is 10.1.